The molecule has 0 aliphatic heterocycles. The maximum absolute atomic E-state index is 14.9. The Morgan fingerprint density at radius 1 is 0.900 bits per heavy atom. The van der Waals surface area contributed by atoms with E-state index in [9.17, 15) is 27.2 Å². The summed E-state index contributed by atoms with van der Waals surface area (Å²) in [7, 11) is 0. The van der Waals surface area contributed by atoms with E-state index in [1.165, 1.54) is 30.3 Å². The monoisotopic (exact) mass is 414 g/mol. The van der Waals surface area contributed by atoms with E-state index in [0.29, 0.717) is 11.6 Å². The smallest absolute Gasteiger partial charge is 0.255 e. The second-order valence-electron chi connectivity index (χ2n) is 6.24. The molecule has 9 heteroatoms. The Kier molecular flexibility index (Phi) is 4.78. The maximum atomic E-state index is 14.9. The molecule has 150 valence electrons. The fourth-order valence-corrected chi connectivity index (χ4v) is 2.86. The van der Waals surface area contributed by atoms with Gasteiger partial charge in [-0.05, 0) is 36.4 Å². The van der Waals surface area contributed by atoms with Crippen molar-refractivity contribution in [3.8, 4) is 0 Å². The van der Waals surface area contributed by atoms with Gasteiger partial charge in [0.05, 0.1) is 11.3 Å². The lowest BCUT2D eigenvalue weighted by Gasteiger charge is -2.12. The number of anilines is 1. The minimum atomic E-state index is -1.71. The van der Waals surface area contributed by atoms with Gasteiger partial charge in [0.25, 0.3) is 5.91 Å². The van der Waals surface area contributed by atoms with Gasteiger partial charge in [-0.2, -0.15) is 0 Å². The van der Waals surface area contributed by atoms with E-state index >= 15 is 0 Å². The fraction of sp³-hybridized carbons (Fsp3) is 0. The average Bonchev–Trinajstić information content (AvgIpc) is 3.20. The minimum Gasteiger partial charge on any atom is -0.443 e. The molecule has 0 bridgehead atoms. The molecule has 0 aliphatic carbocycles. The van der Waals surface area contributed by atoms with Crippen LogP contribution in [0.2, 0.25) is 0 Å². The lowest BCUT2D eigenvalue weighted by atomic mass is 10.0. The molecule has 0 fully saturated rings. The normalized spacial score (nSPS) is 10.9. The summed E-state index contributed by atoms with van der Waals surface area (Å²) in [6.45, 7) is 0. The van der Waals surface area contributed by atoms with E-state index in [-0.39, 0.29) is 16.6 Å². The van der Waals surface area contributed by atoms with Crippen molar-refractivity contribution < 1.29 is 31.6 Å². The van der Waals surface area contributed by atoms with Gasteiger partial charge in [-0.1, -0.05) is 6.07 Å². The van der Waals surface area contributed by atoms with Crippen molar-refractivity contribution in [2.75, 3.05) is 5.32 Å². The van der Waals surface area contributed by atoms with Gasteiger partial charge in [0.2, 0.25) is 0 Å². The molecule has 4 aromatic rings. The number of nitrogens with zero attached hydrogens (tertiary/aromatic N) is 1. The highest BCUT2D eigenvalue weighted by Crippen LogP contribution is 2.28. The number of hydrogen-bond donors (Lipinski definition) is 1. The minimum absolute atomic E-state index is 0.165. The van der Waals surface area contributed by atoms with Crippen molar-refractivity contribution in [1.29, 1.82) is 0 Å². The van der Waals surface area contributed by atoms with Crippen molar-refractivity contribution in [3.63, 3.8) is 0 Å². The second-order valence-corrected chi connectivity index (χ2v) is 6.24. The Bertz CT molecular complexity index is 1320. The van der Waals surface area contributed by atoms with Crippen LogP contribution in [0, 0.1) is 23.3 Å². The molecule has 4 rings (SSSR count). The van der Waals surface area contributed by atoms with E-state index in [1.54, 1.807) is 0 Å². The van der Waals surface area contributed by atoms with Gasteiger partial charge in [0, 0.05) is 17.2 Å². The molecule has 1 heterocycles. The number of carbonyl (C=O) groups is 2. The molecule has 1 N–H and O–H groups in total. The molecule has 0 radical (unpaired) electrons. The van der Waals surface area contributed by atoms with Crippen LogP contribution in [0.4, 0.5) is 23.2 Å². The largest absolute Gasteiger partial charge is 0.443 e. The summed E-state index contributed by atoms with van der Waals surface area (Å²) in [5.74, 6) is -7.56. The summed E-state index contributed by atoms with van der Waals surface area (Å²) in [4.78, 5) is 28.8. The van der Waals surface area contributed by atoms with Crippen LogP contribution in [-0.2, 0) is 0 Å². The Labute approximate surface area is 166 Å². The Morgan fingerprint density at radius 2 is 1.70 bits per heavy atom. The molecule has 30 heavy (non-hydrogen) atoms. The molecule has 3 aromatic carbocycles. The van der Waals surface area contributed by atoms with Gasteiger partial charge in [-0.3, -0.25) is 9.59 Å². The van der Waals surface area contributed by atoms with Crippen molar-refractivity contribution in [3.05, 3.63) is 94.9 Å². The molecule has 0 atom stereocenters. The van der Waals surface area contributed by atoms with Gasteiger partial charge >= 0.3 is 0 Å². The number of amides is 1. The number of halogens is 4. The zero-order chi connectivity index (χ0) is 21.4. The Morgan fingerprint density at radius 3 is 2.47 bits per heavy atom. The summed E-state index contributed by atoms with van der Waals surface area (Å²) in [6.07, 6.45) is 1.13. The van der Waals surface area contributed by atoms with Crippen LogP contribution in [-0.4, -0.2) is 16.7 Å². The van der Waals surface area contributed by atoms with Crippen LogP contribution in [0.25, 0.3) is 11.1 Å². The SMILES string of the molecule is O=C(Nc1cc(F)c(F)c(C(=O)c2ccc3ocnc3c2)c1F)c1cccc(F)c1. The zero-order valence-corrected chi connectivity index (χ0v) is 14.9. The molecule has 0 saturated heterocycles. The number of rotatable bonds is 4. The second kappa shape index (κ2) is 7.43. The topological polar surface area (TPSA) is 72.2 Å². The summed E-state index contributed by atoms with van der Waals surface area (Å²) >= 11 is 0. The van der Waals surface area contributed by atoms with Crippen LogP contribution >= 0.6 is 0 Å². The van der Waals surface area contributed by atoms with Gasteiger partial charge in [-0.15, -0.1) is 0 Å². The van der Waals surface area contributed by atoms with E-state index < -0.39 is 46.2 Å². The first-order valence-corrected chi connectivity index (χ1v) is 8.47. The Hall–Kier alpha value is -4.01. The highest BCUT2D eigenvalue weighted by Gasteiger charge is 2.26. The third-order valence-corrected chi connectivity index (χ3v) is 4.31. The number of ketones is 1. The van der Waals surface area contributed by atoms with E-state index in [1.807, 2.05) is 5.32 Å². The number of aromatic nitrogens is 1. The molecular weight excluding hydrogens is 404 g/mol. The molecule has 0 saturated carbocycles. The quantitative estimate of drug-likeness (QED) is 0.294. The van der Waals surface area contributed by atoms with E-state index in [4.69, 9.17) is 4.42 Å². The summed E-state index contributed by atoms with van der Waals surface area (Å²) in [6, 6.07) is 8.72. The number of nitrogens with one attached hydrogen (secondary N) is 1. The first-order chi connectivity index (χ1) is 14.3. The number of benzene rings is 3. The highest BCUT2D eigenvalue weighted by atomic mass is 19.2. The number of fused-ring (bicyclic) bond motifs is 1. The van der Waals surface area contributed by atoms with E-state index in [0.717, 1.165) is 18.5 Å². The molecule has 1 amide bonds. The molecule has 0 unspecified atom stereocenters. The van der Waals surface area contributed by atoms with Crippen molar-refractivity contribution in [1.82, 2.24) is 4.98 Å². The lowest BCUT2D eigenvalue weighted by molar-refractivity contribution is 0.101. The maximum Gasteiger partial charge on any atom is 0.255 e. The van der Waals surface area contributed by atoms with Gasteiger partial charge in [0.15, 0.2) is 35.2 Å². The van der Waals surface area contributed by atoms with Crippen LogP contribution in [0.5, 0.6) is 0 Å². The third-order valence-electron chi connectivity index (χ3n) is 4.31. The molecule has 0 spiro atoms. The van der Waals surface area contributed by atoms with Gasteiger partial charge < -0.3 is 9.73 Å². The Balaban J connectivity index is 1.74. The molecule has 5 nitrogen and oxygen atoms in total. The van der Waals surface area contributed by atoms with Crippen LogP contribution in [0.15, 0.2) is 59.3 Å². The highest BCUT2D eigenvalue weighted by molar-refractivity contribution is 6.12. The number of oxazole rings is 1. The van der Waals surface area contributed by atoms with E-state index in [2.05, 4.69) is 4.98 Å². The molecule has 1 aromatic heterocycles. The van der Waals surface area contributed by atoms with Crippen LogP contribution in [0.3, 0.4) is 0 Å². The summed E-state index contributed by atoms with van der Waals surface area (Å²) in [5, 5.41) is 2.03. The standard InChI is InChI=1S/C21H10F4N2O3/c22-12-3-1-2-11(6-12)21(29)27-15-8-13(23)18(24)17(19(15)25)20(28)10-4-5-16-14(7-10)26-9-30-16/h1-9H,(H,27,29). The van der Waals surface area contributed by atoms with Crippen molar-refractivity contribution in [2.24, 2.45) is 0 Å². The third kappa shape index (κ3) is 3.41. The van der Waals surface area contributed by atoms with Gasteiger partial charge in [0.1, 0.15) is 11.3 Å². The van der Waals surface area contributed by atoms with Crippen LogP contribution < -0.4 is 5.32 Å². The van der Waals surface area contributed by atoms with Gasteiger partial charge in [-0.25, -0.2) is 22.5 Å². The predicted octanol–water partition coefficient (Wildman–Crippen LogP) is 4.87. The predicted molar refractivity (Wildman–Crippen MR) is 98.1 cm³/mol. The van der Waals surface area contributed by atoms with Crippen molar-refractivity contribution in [2.45, 2.75) is 0 Å². The fourth-order valence-electron chi connectivity index (χ4n) is 2.86. The first-order valence-electron chi connectivity index (χ1n) is 8.47. The molecule has 0 aliphatic rings. The molecular formula is C21H10F4N2O3. The lowest BCUT2D eigenvalue weighted by Crippen LogP contribution is -2.17. The summed E-state index contributed by atoms with van der Waals surface area (Å²) in [5.41, 5.74) is -1.69. The number of hydrogen-bond acceptors (Lipinski definition) is 4. The van der Waals surface area contributed by atoms with Crippen LogP contribution in [0.1, 0.15) is 26.3 Å². The zero-order valence-electron chi connectivity index (χ0n) is 14.9. The summed E-state index contributed by atoms with van der Waals surface area (Å²) < 4.78 is 61.6. The number of carbonyl (C=O) groups excluding carboxylic acids is 2. The average molecular weight is 414 g/mol. The first kappa shape index (κ1) is 19.3. The van der Waals surface area contributed by atoms with Crippen molar-refractivity contribution >= 4 is 28.5 Å².